The lowest BCUT2D eigenvalue weighted by Crippen LogP contribution is -2.40. The van der Waals surface area contributed by atoms with Gasteiger partial charge >= 0.3 is 0 Å². The Hall–Kier alpha value is -2.48. The number of nitriles is 1. The molecule has 1 unspecified atom stereocenters. The molecule has 1 atom stereocenters. The van der Waals surface area contributed by atoms with Crippen molar-refractivity contribution in [2.24, 2.45) is 5.41 Å². The van der Waals surface area contributed by atoms with Gasteiger partial charge in [0.2, 0.25) is 0 Å². The quantitative estimate of drug-likeness (QED) is 0.569. The van der Waals surface area contributed by atoms with Crippen molar-refractivity contribution in [3.63, 3.8) is 0 Å². The molecule has 0 heterocycles. The molecule has 1 rings (SSSR count). The fourth-order valence-corrected chi connectivity index (χ4v) is 3.04. The number of amides is 1. The highest BCUT2D eigenvalue weighted by molar-refractivity contribution is 5.97. The van der Waals surface area contributed by atoms with Gasteiger partial charge in [0.15, 0.2) is 0 Å². The van der Waals surface area contributed by atoms with Crippen LogP contribution in [0.3, 0.4) is 0 Å². The molecule has 5 heteroatoms. The van der Waals surface area contributed by atoms with Gasteiger partial charge in [-0.2, -0.15) is 5.26 Å². The minimum atomic E-state index is -0.394. The highest BCUT2D eigenvalue weighted by Crippen LogP contribution is 2.26. The number of ether oxygens (including phenoxy) is 1. The number of hydrogen-bond donors (Lipinski definition) is 2. The first-order chi connectivity index (χ1) is 12.0. The zero-order chi connectivity index (χ0) is 20.0. The van der Waals surface area contributed by atoms with Gasteiger partial charge in [-0.15, -0.1) is 0 Å². The van der Waals surface area contributed by atoms with Gasteiger partial charge in [-0.1, -0.05) is 32.9 Å². The van der Waals surface area contributed by atoms with E-state index in [1.54, 1.807) is 7.11 Å². The summed E-state index contributed by atoms with van der Waals surface area (Å²) in [6.45, 7) is 12.5. The first kappa shape index (κ1) is 21.6. The van der Waals surface area contributed by atoms with E-state index in [0.717, 1.165) is 17.7 Å². The van der Waals surface area contributed by atoms with Gasteiger partial charge in [-0.05, 0) is 50.3 Å². The Morgan fingerprint density at radius 2 is 1.81 bits per heavy atom. The zero-order valence-corrected chi connectivity index (χ0v) is 16.9. The van der Waals surface area contributed by atoms with E-state index in [1.165, 1.54) is 6.20 Å². The van der Waals surface area contributed by atoms with Crippen LogP contribution >= 0.6 is 0 Å². The van der Waals surface area contributed by atoms with Crippen molar-refractivity contribution in [2.45, 2.75) is 59.5 Å². The lowest BCUT2D eigenvalue weighted by atomic mass is 9.82. The summed E-state index contributed by atoms with van der Waals surface area (Å²) in [4.78, 5) is 12.4. The minimum Gasteiger partial charge on any atom is -0.497 e. The molecule has 0 saturated heterocycles. The number of nitrogens with one attached hydrogen (secondary N) is 2. The van der Waals surface area contributed by atoms with Gasteiger partial charge in [-0.3, -0.25) is 4.79 Å². The Balaban J connectivity index is 2.77. The summed E-state index contributed by atoms with van der Waals surface area (Å²) in [5.41, 5.74) is 0.926. The number of methoxy groups -OCH3 is 1. The van der Waals surface area contributed by atoms with Crippen LogP contribution in [-0.2, 0) is 4.79 Å². The van der Waals surface area contributed by atoms with Crippen LogP contribution < -0.4 is 15.4 Å². The number of carbonyl (C=O) groups excluding carboxylic acids is 1. The van der Waals surface area contributed by atoms with Crippen molar-refractivity contribution in [3.05, 3.63) is 41.6 Å². The molecule has 1 aromatic rings. The summed E-state index contributed by atoms with van der Waals surface area (Å²) in [7, 11) is 1.61. The highest BCUT2D eigenvalue weighted by Gasteiger charge is 2.25. The van der Waals surface area contributed by atoms with Gasteiger partial charge in [0.25, 0.3) is 5.91 Å². The molecule has 5 nitrogen and oxygen atoms in total. The van der Waals surface area contributed by atoms with Gasteiger partial charge in [0, 0.05) is 11.7 Å². The van der Waals surface area contributed by atoms with Gasteiger partial charge in [0.05, 0.1) is 13.2 Å². The predicted molar refractivity (Wildman–Crippen MR) is 105 cm³/mol. The lowest BCUT2D eigenvalue weighted by molar-refractivity contribution is -0.117. The number of carbonyl (C=O) groups is 1. The molecular formula is C21H31N3O2. The Bertz CT molecular complexity index is 677. The summed E-state index contributed by atoms with van der Waals surface area (Å²) in [6.07, 6.45) is 2.42. The SMILES string of the molecule is COc1ccc(C(C)NC(=O)/C(C#N)=C\NC(C)(C)CC(C)(C)C)cc1. The number of hydrogen-bond acceptors (Lipinski definition) is 4. The number of nitrogens with zero attached hydrogens (tertiary/aromatic N) is 1. The average molecular weight is 357 g/mol. The molecule has 0 spiro atoms. The second-order valence-corrected chi connectivity index (χ2v) is 8.40. The number of rotatable bonds is 7. The van der Waals surface area contributed by atoms with Crippen molar-refractivity contribution in [2.75, 3.05) is 7.11 Å². The second kappa shape index (κ2) is 8.75. The smallest absolute Gasteiger partial charge is 0.263 e. The second-order valence-electron chi connectivity index (χ2n) is 8.40. The van der Waals surface area contributed by atoms with Crippen molar-refractivity contribution in [3.8, 4) is 11.8 Å². The largest absolute Gasteiger partial charge is 0.497 e. The molecule has 2 N–H and O–H groups in total. The van der Waals surface area contributed by atoms with Crippen molar-refractivity contribution < 1.29 is 9.53 Å². The van der Waals surface area contributed by atoms with Crippen LogP contribution in [0.5, 0.6) is 5.75 Å². The van der Waals surface area contributed by atoms with Gasteiger partial charge in [0.1, 0.15) is 17.4 Å². The Kier molecular flexibility index (Phi) is 7.26. The van der Waals surface area contributed by atoms with Crippen LogP contribution in [0.15, 0.2) is 36.0 Å². The highest BCUT2D eigenvalue weighted by atomic mass is 16.5. The zero-order valence-electron chi connectivity index (χ0n) is 16.9. The van der Waals surface area contributed by atoms with Crippen LogP contribution in [0.2, 0.25) is 0 Å². The molecule has 0 aliphatic heterocycles. The van der Waals surface area contributed by atoms with E-state index < -0.39 is 5.91 Å². The monoisotopic (exact) mass is 357 g/mol. The fraction of sp³-hybridized carbons (Fsp3) is 0.524. The first-order valence-corrected chi connectivity index (χ1v) is 8.80. The average Bonchev–Trinajstić information content (AvgIpc) is 2.53. The van der Waals surface area contributed by atoms with Crippen LogP contribution in [0.1, 0.15) is 59.6 Å². The Labute approximate surface area is 157 Å². The third-order valence-electron chi connectivity index (χ3n) is 3.91. The summed E-state index contributed by atoms with van der Waals surface area (Å²) < 4.78 is 5.14. The van der Waals surface area contributed by atoms with E-state index in [4.69, 9.17) is 4.74 Å². The van der Waals surface area contributed by atoms with E-state index in [-0.39, 0.29) is 22.6 Å². The Morgan fingerprint density at radius 3 is 2.27 bits per heavy atom. The molecule has 0 radical (unpaired) electrons. The van der Waals surface area contributed by atoms with Gasteiger partial charge < -0.3 is 15.4 Å². The molecule has 0 aliphatic rings. The lowest BCUT2D eigenvalue weighted by Gasteiger charge is -2.33. The van der Waals surface area contributed by atoms with Gasteiger partial charge in [-0.25, -0.2) is 0 Å². The van der Waals surface area contributed by atoms with Crippen LogP contribution in [0, 0.1) is 16.7 Å². The molecule has 1 amide bonds. The predicted octanol–water partition coefficient (Wildman–Crippen LogP) is 4.08. The molecule has 0 aromatic heterocycles. The van der Waals surface area contributed by atoms with E-state index >= 15 is 0 Å². The summed E-state index contributed by atoms with van der Waals surface area (Å²) in [6, 6.07) is 9.24. The molecule has 0 bridgehead atoms. The molecule has 142 valence electrons. The first-order valence-electron chi connectivity index (χ1n) is 8.80. The van der Waals surface area contributed by atoms with Crippen LogP contribution in [0.4, 0.5) is 0 Å². The minimum absolute atomic E-state index is 0.0624. The standard InChI is InChI=1S/C21H31N3O2/c1-15(16-8-10-18(26-7)11-9-16)24-19(25)17(12-22)13-23-21(5,6)14-20(2,3)4/h8-11,13,15,23H,14H2,1-7H3,(H,24,25)/b17-13-. The van der Waals surface area contributed by atoms with E-state index in [9.17, 15) is 10.1 Å². The number of benzene rings is 1. The van der Waals surface area contributed by atoms with Crippen molar-refractivity contribution in [1.29, 1.82) is 5.26 Å². The third-order valence-corrected chi connectivity index (χ3v) is 3.91. The molecule has 0 saturated carbocycles. The fourth-order valence-electron chi connectivity index (χ4n) is 3.04. The van der Waals surface area contributed by atoms with Crippen LogP contribution in [0.25, 0.3) is 0 Å². The van der Waals surface area contributed by atoms with Crippen LogP contribution in [-0.4, -0.2) is 18.6 Å². The summed E-state index contributed by atoms with van der Waals surface area (Å²) in [5.74, 6) is 0.366. The van der Waals surface area contributed by atoms with Crippen molar-refractivity contribution in [1.82, 2.24) is 10.6 Å². The normalized spacial score (nSPS) is 13.5. The maximum absolute atomic E-state index is 12.4. The molecule has 0 fully saturated rings. The van der Waals surface area contributed by atoms with E-state index in [2.05, 4.69) is 45.3 Å². The molecule has 1 aromatic carbocycles. The summed E-state index contributed by atoms with van der Waals surface area (Å²) in [5, 5.41) is 15.4. The molecule has 0 aliphatic carbocycles. The molecular weight excluding hydrogens is 326 g/mol. The molecule has 26 heavy (non-hydrogen) atoms. The maximum atomic E-state index is 12.4. The van der Waals surface area contributed by atoms with E-state index in [0.29, 0.717) is 0 Å². The van der Waals surface area contributed by atoms with Crippen molar-refractivity contribution >= 4 is 5.91 Å². The summed E-state index contributed by atoms with van der Waals surface area (Å²) >= 11 is 0. The Morgan fingerprint density at radius 1 is 1.23 bits per heavy atom. The third kappa shape index (κ3) is 7.18. The maximum Gasteiger partial charge on any atom is 0.263 e. The topological polar surface area (TPSA) is 74.1 Å². The van der Waals surface area contributed by atoms with E-state index in [1.807, 2.05) is 37.3 Å².